The average Bonchev–Trinajstić information content (AvgIpc) is 2.64. The summed E-state index contributed by atoms with van der Waals surface area (Å²) >= 11 is 3.24. The van der Waals surface area contributed by atoms with Gasteiger partial charge in [-0.2, -0.15) is 13.2 Å². The van der Waals surface area contributed by atoms with E-state index in [1.54, 1.807) is 12.1 Å². The normalized spacial score (nSPS) is 11.8. The number of rotatable bonds is 1. The van der Waals surface area contributed by atoms with Gasteiger partial charge >= 0.3 is 6.18 Å². The highest BCUT2D eigenvalue weighted by Gasteiger charge is 2.29. The van der Waals surface area contributed by atoms with Crippen molar-refractivity contribution in [2.45, 2.75) is 6.18 Å². The maximum atomic E-state index is 12.3. The Morgan fingerprint density at radius 2 is 1.56 bits per heavy atom. The van der Waals surface area contributed by atoms with Crippen molar-refractivity contribution < 1.29 is 13.2 Å². The molecular weight excluding hydrogens is 283 g/mol. The molecule has 16 heavy (non-hydrogen) atoms. The predicted molar refractivity (Wildman–Crippen MR) is 58.9 cm³/mol. The average molecular weight is 290 g/mol. The molecule has 0 unspecified atom stereocenters. The lowest BCUT2D eigenvalue weighted by Gasteiger charge is -2.06. The van der Waals surface area contributed by atoms with Crippen LogP contribution in [0.3, 0.4) is 0 Å². The number of H-pyrrole nitrogens is 1. The standard InChI is InChI=1S/C11H7BrF3N/c12-10-6-5-9(16-10)7-1-3-8(4-2-7)11(13,14)15/h1-6,16H. The molecule has 5 heteroatoms. The highest BCUT2D eigenvalue weighted by atomic mass is 79.9. The first-order valence-corrected chi connectivity index (χ1v) is 5.28. The van der Waals surface area contributed by atoms with Gasteiger partial charge < -0.3 is 4.98 Å². The van der Waals surface area contributed by atoms with Crippen molar-refractivity contribution in [2.75, 3.05) is 0 Å². The summed E-state index contributed by atoms with van der Waals surface area (Å²) in [6, 6.07) is 8.63. The van der Waals surface area contributed by atoms with E-state index >= 15 is 0 Å². The Hall–Kier alpha value is -1.23. The Bertz CT molecular complexity index is 485. The fraction of sp³-hybridized carbons (Fsp3) is 0.0909. The molecule has 0 aliphatic carbocycles. The van der Waals surface area contributed by atoms with Crippen LogP contribution in [0.5, 0.6) is 0 Å². The van der Waals surface area contributed by atoms with Crippen molar-refractivity contribution in [1.82, 2.24) is 4.98 Å². The molecule has 1 heterocycles. The van der Waals surface area contributed by atoms with E-state index in [-0.39, 0.29) is 0 Å². The summed E-state index contributed by atoms with van der Waals surface area (Å²) in [5.41, 5.74) is 0.862. The van der Waals surface area contributed by atoms with E-state index < -0.39 is 11.7 Å². The van der Waals surface area contributed by atoms with E-state index in [1.165, 1.54) is 12.1 Å². The van der Waals surface area contributed by atoms with Gasteiger partial charge in [0.1, 0.15) is 0 Å². The fourth-order valence-corrected chi connectivity index (χ4v) is 1.72. The third-order valence-corrected chi connectivity index (χ3v) is 2.64. The molecule has 0 spiro atoms. The molecule has 1 N–H and O–H groups in total. The van der Waals surface area contributed by atoms with Gasteiger partial charge in [0.15, 0.2) is 0 Å². The summed E-state index contributed by atoms with van der Waals surface area (Å²) in [6.45, 7) is 0. The second kappa shape index (κ2) is 3.97. The Kier molecular flexibility index (Phi) is 2.80. The monoisotopic (exact) mass is 289 g/mol. The Balaban J connectivity index is 2.33. The fourth-order valence-electron chi connectivity index (χ4n) is 1.38. The van der Waals surface area contributed by atoms with Crippen molar-refractivity contribution in [1.29, 1.82) is 0 Å². The van der Waals surface area contributed by atoms with Gasteiger partial charge in [0.2, 0.25) is 0 Å². The summed E-state index contributed by atoms with van der Waals surface area (Å²) in [5.74, 6) is 0. The van der Waals surface area contributed by atoms with E-state index in [2.05, 4.69) is 20.9 Å². The zero-order valence-electron chi connectivity index (χ0n) is 7.98. The van der Waals surface area contributed by atoms with E-state index in [0.29, 0.717) is 0 Å². The van der Waals surface area contributed by atoms with Gasteiger partial charge in [0.25, 0.3) is 0 Å². The van der Waals surface area contributed by atoms with E-state index in [4.69, 9.17) is 0 Å². The predicted octanol–water partition coefficient (Wildman–Crippen LogP) is 4.46. The van der Waals surface area contributed by atoms with Crippen molar-refractivity contribution >= 4 is 15.9 Å². The maximum absolute atomic E-state index is 12.3. The van der Waals surface area contributed by atoms with Crippen LogP contribution in [0.4, 0.5) is 13.2 Å². The first-order chi connectivity index (χ1) is 7.47. The quantitative estimate of drug-likeness (QED) is 0.798. The van der Waals surface area contributed by atoms with Crippen molar-refractivity contribution in [3.8, 4) is 11.3 Å². The van der Waals surface area contributed by atoms with Gasteiger partial charge in [-0.1, -0.05) is 12.1 Å². The summed E-state index contributed by atoms with van der Waals surface area (Å²) in [6.07, 6.45) is -4.28. The van der Waals surface area contributed by atoms with E-state index in [0.717, 1.165) is 28.0 Å². The third kappa shape index (κ3) is 2.29. The molecular formula is C11H7BrF3N. The lowest BCUT2D eigenvalue weighted by Crippen LogP contribution is -2.03. The second-order valence-electron chi connectivity index (χ2n) is 3.30. The van der Waals surface area contributed by atoms with Crippen molar-refractivity contribution in [3.63, 3.8) is 0 Å². The third-order valence-electron chi connectivity index (χ3n) is 2.17. The van der Waals surface area contributed by atoms with Gasteiger partial charge in [-0.3, -0.25) is 0 Å². The number of halogens is 4. The SMILES string of the molecule is FC(F)(F)c1ccc(-c2ccc(Br)[nH]2)cc1. The molecule has 0 aliphatic heterocycles. The smallest absolute Gasteiger partial charge is 0.349 e. The molecule has 84 valence electrons. The van der Waals surface area contributed by atoms with Crippen molar-refractivity contribution in [2.24, 2.45) is 0 Å². The van der Waals surface area contributed by atoms with Crippen LogP contribution in [0.1, 0.15) is 5.56 Å². The number of aromatic nitrogens is 1. The minimum absolute atomic E-state index is 0.637. The van der Waals surface area contributed by atoms with Gasteiger partial charge in [0, 0.05) is 5.69 Å². The molecule has 0 amide bonds. The lowest BCUT2D eigenvalue weighted by molar-refractivity contribution is -0.137. The number of nitrogens with one attached hydrogen (secondary N) is 1. The molecule has 2 aromatic rings. The summed E-state index contributed by atoms with van der Waals surface area (Å²) in [5, 5.41) is 0. The first-order valence-electron chi connectivity index (χ1n) is 4.49. The molecule has 0 fully saturated rings. The van der Waals surface area contributed by atoms with Gasteiger partial charge in [-0.15, -0.1) is 0 Å². The van der Waals surface area contributed by atoms with Crippen molar-refractivity contribution in [3.05, 3.63) is 46.6 Å². The highest BCUT2D eigenvalue weighted by Crippen LogP contribution is 2.30. The summed E-state index contributed by atoms with van der Waals surface area (Å²) < 4.78 is 37.7. The van der Waals surface area contributed by atoms with Crippen LogP contribution in [0.25, 0.3) is 11.3 Å². The molecule has 1 aromatic carbocycles. The first kappa shape index (κ1) is 11.3. The van der Waals surface area contributed by atoms with E-state index in [1.807, 2.05) is 0 Å². The van der Waals surface area contributed by atoms with Crippen LogP contribution in [-0.4, -0.2) is 4.98 Å². The van der Waals surface area contributed by atoms with Crippen LogP contribution in [0, 0.1) is 0 Å². The molecule has 0 radical (unpaired) electrons. The topological polar surface area (TPSA) is 15.8 Å². The molecule has 0 atom stereocenters. The number of aromatic amines is 1. The summed E-state index contributed by atoms with van der Waals surface area (Å²) in [4.78, 5) is 2.99. The summed E-state index contributed by atoms with van der Waals surface area (Å²) in [7, 11) is 0. The zero-order valence-corrected chi connectivity index (χ0v) is 9.56. The second-order valence-corrected chi connectivity index (χ2v) is 4.15. The number of alkyl halides is 3. The number of hydrogen-bond donors (Lipinski definition) is 1. The Labute approximate surface area is 98.4 Å². The largest absolute Gasteiger partial charge is 0.416 e. The zero-order chi connectivity index (χ0) is 11.8. The molecule has 1 aromatic heterocycles. The van der Waals surface area contributed by atoms with Crippen LogP contribution in [0.2, 0.25) is 0 Å². The van der Waals surface area contributed by atoms with Crippen LogP contribution in [-0.2, 0) is 6.18 Å². The molecule has 2 rings (SSSR count). The van der Waals surface area contributed by atoms with Crippen LogP contribution >= 0.6 is 15.9 Å². The van der Waals surface area contributed by atoms with E-state index in [9.17, 15) is 13.2 Å². The van der Waals surface area contributed by atoms with Gasteiger partial charge in [0.05, 0.1) is 10.2 Å². The lowest BCUT2D eigenvalue weighted by atomic mass is 10.1. The Morgan fingerprint density at radius 3 is 2.00 bits per heavy atom. The molecule has 0 aliphatic rings. The minimum Gasteiger partial charge on any atom is -0.349 e. The molecule has 0 saturated carbocycles. The van der Waals surface area contributed by atoms with Crippen LogP contribution < -0.4 is 0 Å². The molecule has 1 nitrogen and oxygen atoms in total. The Morgan fingerprint density at radius 1 is 0.938 bits per heavy atom. The molecule has 0 bridgehead atoms. The maximum Gasteiger partial charge on any atom is 0.416 e. The van der Waals surface area contributed by atoms with Crippen LogP contribution in [0.15, 0.2) is 41.0 Å². The van der Waals surface area contributed by atoms with Gasteiger partial charge in [-0.05, 0) is 45.8 Å². The molecule has 0 saturated heterocycles. The highest BCUT2D eigenvalue weighted by molar-refractivity contribution is 9.10. The number of hydrogen-bond acceptors (Lipinski definition) is 0. The number of benzene rings is 1. The minimum atomic E-state index is -4.28. The van der Waals surface area contributed by atoms with Gasteiger partial charge in [-0.25, -0.2) is 0 Å².